The third-order valence-corrected chi connectivity index (χ3v) is 2.34. The van der Waals surface area contributed by atoms with Crippen molar-refractivity contribution < 1.29 is 4.39 Å². The number of benzene rings is 1. The Morgan fingerprint density at radius 2 is 2.31 bits per heavy atom. The highest BCUT2D eigenvalue weighted by Gasteiger charge is 2.03. The molecule has 0 fully saturated rings. The maximum absolute atomic E-state index is 12.9. The molecule has 2 aromatic rings. The standard InChI is InChI=1S/C9H9ClFN5/c1-16-9(13-14-15-16)12-5-6-2-3-8(11)7(10)4-6/h2-4H,5H2,1H3,(H,12,13,15). The maximum atomic E-state index is 12.9. The van der Waals surface area contributed by atoms with Crippen LogP contribution in [0.2, 0.25) is 5.02 Å². The monoisotopic (exact) mass is 241 g/mol. The van der Waals surface area contributed by atoms with E-state index in [1.807, 2.05) is 0 Å². The van der Waals surface area contributed by atoms with E-state index >= 15 is 0 Å². The van der Waals surface area contributed by atoms with Gasteiger partial charge < -0.3 is 5.32 Å². The van der Waals surface area contributed by atoms with Crippen LogP contribution in [0.15, 0.2) is 18.2 Å². The van der Waals surface area contributed by atoms with E-state index in [2.05, 4.69) is 20.8 Å². The first-order valence-corrected chi connectivity index (χ1v) is 4.95. The fourth-order valence-electron chi connectivity index (χ4n) is 1.21. The number of nitrogens with zero attached hydrogens (tertiary/aromatic N) is 4. The number of aryl methyl sites for hydroxylation is 1. The highest BCUT2D eigenvalue weighted by Crippen LogP contribution is 2.16. The fraction of sp³-hybridized carbons (Fsp3) is 0.222. The van der Waals surface area contributed by atoms with Gasteiger partial charge in [0.2, 0.25) is 5.95 Å². The molecule has 0 aliphatic heterocycles. The Kier molecular flexibility index (Phi) is 3.00. The zero-order chi connectivity index (χ0) is 11.5. The number of aromatic nitrogens is 4. The number of halogens is 2. The minimum Gasteiger partial charge on any atom is -0.349 e. The van der Waals surface area contributed by atoms with Crippen molar-refractivity contribution in [2.24, 2.45) is 7.05 Å². The lowest BCUT2D eigenvalue weighted by molar-refractivity contribution is 0.627. The molecule has 0 bridgehead atoms. The number of nitrogens with one attached hydrogen (secondary N) is 1. The summed E-state index contributed by atoms with van der Waals surface area (Å²) in [6, 6.07) is 4.54. The zero-order valence-electron chi connectivity index (χ0n) is 8.48. The van der Waals surface area contributed by atoms with E-state index in [1.54, 1.807) is 19.2 Å². The molecule has 1 aromatic carbocycles. The van der Waals surface area contributed by atoms with Crippen LogP contribution in [-0.2, 0) is 13.6 Å². The molecule has 1 N–H and O–H groups in total. The normalized spacial score (nSPS) is 10.4. The first kappa shape index (κ1) is 10.8. The first-order chi connectivity index (χ1) is 7.66. The second kappa shape index (κ2) is 4.44. The molecule has 0 radical (unpaired) electrons. The van der Waals surface area contributed by atoms with Crippen molar-refractivity contribution in [3.05, 3.63) is 34.6 Å². The summed E-state index contributed by atoms with van der Waals surface area (Å²) >= 11 is 5.66. The predicted molar refractivity (Wildman–Crippen MR) is 57.5 cm³/mol. The molecule has 7 heteroatoms. The predicted octanol–water partition coefficient (Wildman–Crippen LogP) is 1.61. The molecule has 0 saturated heterocycles. The largest absolute Gasteiger partial charge is 0.349 e. The first-order valence-electron chi connectivity index (χ1n) is 4.57. The molecule has 0 saturated carbocycles. The third-order valence-electron chi connectivity index (χ3n) is 2.05. The van der Waals surface area contributed by atoms with E-state index in [1.165, 1.54) is 10.7 Å². The summed E-state index contributed by atoms with van der Waals surface area (Å²) < 4.78 is 14.4. The van der Waals surface area contributed by atoms with Crippen molar-refractivity contribution in [2.45, 2.75) is 6.54 Å². The molecule has 5 nitrogen and oxygen atoms in total. The smallest absolute Gasteiger partial charge is 0.242 e. The zero-order valence-corrected chi connectivity index (χ0v) is 9.24. The second-order valence-corrected chi connectivity index (χ2v) is 3.64. The molecular weight excluding hydrogens is 233 g/mol. The minimum absolute atomic E-state index is 0.107. The van der Waals surface area contributed by atoms with Crippen molar-refractivity contribution in [2.75, 3.05) is 5.32 Å². The molecule has 0 aliphatic carbocycles. The molecule has 1 aromatic heterocycles. The number of rotatable bonds is 3. The van der Waals surface area contributed by atoms with E-state index in [0.29, 0.717) is 12.5 Å². The molecule has 0 atom stereocenters. The van der Waals surface area contributed by atoms with Crippen molar-refractivity contribution in [3.63, 3.8) is 0 Å². The van der Waals surface area contributed by atoms with E-state index in [9.17, 15) is 4.39 Å². The fourth-order valence-corrected chi connectivity index (χ4v) is 1.41. The number of hydrogen-bond donors (Lipinski definition) is 1. The SMILES string of the molecule is Cn1nnnc1NCc1ccc(F)c(Cl)c1. The lowest BCUT2D eigenvalue weighted by atomic mass is 10.2. The average molecular weight is 242 g/mol. The Bertz CT molecular complexity index is 498. The molecule has 0 aliphatic rings. The molecule has 16 heavy (non-hydrogen) atoms. The highest BCUT2D eigenvalue weighted by molar-refractivity contribution is 6.30. The van der Waals surface area contributed by atoms with Crippen molar-refractivity contribution in [1.29, 1.82) is 0 Å². The second-order valence-electron chi connectivity index (χ2n) is 3.23. The quantitative estimate of drug-likeness (QED) is 0.887. The van der Waals surface area contributed by atoms with E-state index in [0.717, 1.165) is 5.56 Å². The summed E-state index contributed by atoms with van der Waals surface area (Å²) in [5.74, 6) is 0.117. The Balaban J connectivity index is 2.05. The van der Waals surface area contributed by atoms with Crippen LogP contribution < -0.4 is 5.32 Å². The van der Waals surface area contributed by atoms with Gasteiger partial charge in [-0.25, -0.2) is 9.07 Å². The van der Waals surface area contributed by atoms with Gasteiger partial charge in [-0.2, -0.15) is 0 Å². The topological polar surface area (TPSA) is 55.6 Å². The molecule has 0 amide bonds. The summed E-state index contributed by atoms with van der Waals surface area (Å²) in [7, 11) is 1.72. The van der Waals surface area contributed by atoms with Crippen molar-refractivity contribution in [3.8, 4) is 0 Å². The van der Waals surface area contributed by atoms with Gasteiger partial charge in [-0.15, -0.1) is 0 Å². The van der Waals surface area contributed by atoms with Crippen LogP contribution >= 0.6 is 11.6 Å². The summed E-state index contributed by atoms with van der Waals surface area (Å²) in [5.41, 5.74) is 0.856. The van der Waals surface area contributed by atoms with Gasteiger partial charge in [0.05, 0.1) is 5.02 Å². The molecule has 0 spiro atoms. The molecule has 2 rings (SSSR count). The summed E-state index contributed by atoms with van der Waals surface area (Å²) in [4.78, 5) is 0. The summed E-state index contributed by atoms with van der Waals surface area (Å²) in [6.07, 6.45) is 0. The maximum Gasteiger partial charge on any atom is 0.242 e. The average Bonchev–Trinajstić information content (AvgIpc) is 2.66. The van der Waals surface area contributed by atoms with Crippen molar-refractivity contribution >= 4 is 17.5 Å². The minimum atomic E-state index is -0.425. The highest BCUT2D eigenvalue weighted by atomic mass is 35.5. The van der Waals surface area contributed by atoms with E-state index in [-0.39, 0.29) is 5.02 Å². The Morgan fingerprint density at radius 1 is 1.50 bits per heavy atom. The third kappa shape index (κ3) is 2.27. The van der Waals surface area contributed by atoms with Crippen molar-refractivity contribution in [1.82, 2.24) is 20.2 Å². The summed E-state index contributed by atoms with van der Waals surface area (Å²) in [5, 5.41) is 14.0. The number of anilines is 1. The van der Waals surface area contributed by atoms with Gasteiger partial charge in [-0.05, 0) is 28.1 Å². The Labute approximate surface area is 96.2 Å². The van der Waals surface area contributed by atoms with Gasteiger partial charge in [0.15, 0.2) is 0 Å². The molecule has 1 heterocycles. The van der Waals surface area contributed by atoms with Gasteiger partial charge in [0.1, 0.15) is 5.82 Å². The van der Waals surface area contributed by atoms with Crippen LogP contribution in [0.3, 0.4) is 0 Å². The van der Waals surface area contributed by atoms with Gasteiger partial charge in [-0.1, -0.05) is 22.8 Å². The lowest BCUT2D eigenvalue weighted by Crippen LogP contribution is -2.05. The molecular formula is C9H9ClFN5. The van der Waals surface area contributed by atoms with Gasteiger partial charge in [0.25, 0.3) is 0 Å². The van der Waals surface area contributed by atoms with Crippen LogP contribution in [-0.4, -0.2) is 20.2 Å². The van der Waals surface area contributed by atoms with Crippen LogP contribution in [0.1, 0.15) is 5.56 Å². The van der Waals surface area contributed by atoms with E-state index < -0.39 is 5.82 Å². The van der Waals surface area contributed by atoms with Gasteiger partial charge in [-0.3, -0.25) is 0 Å². The Morgan fingerprint density at radius 3 is 2.94 bits per heavy atom. The number of tetrazole rings is 1. The Hall–Kier alpha value is -1.69. The lowest BCUT2D eigenvalue weighted by Gasteiger charge is -2.04. The molecule has 84 valence electrons. The molecule has 0 unspecified atom stereocenters. The van der Waals surface area contributed by atoms with E-state index in [4.69, 9.17) is 11.6 Å². The van der Waals surface area contributed by atoms with Crippen LogP contribution in [0.25, 0.3) is 0 Å². The van der Waals surface area contributed by atoms with Crippen LogP contribution in [0, 0.1) is 5.82 Å². The summed E-state index contributed by atoms with van der Waals surface area (Å²) in [6.45, 7) is 0.480. The van der Waals surface area contributed by atoms with Gasteiger partial charge >= 0.3 is 0 Å². The van der Waals surface area contributed by atoms with Crippen LogP contribution in [0.5, 0.6) is 0 Å². The van der Waals surface area contributed by atoms with Crippen LogP contribution in [0.4, 0.5) is 10.3 Å². The van der Waals surface area contributed by atoms with Gasteiger partial charge in [0, 0.05) is 13.6 Å². The number of hydrogen-bond acceptors (Lipinski definition) is 4.